The summed E-state index contributed by atoms with van der Waals surface area (Å²) in [7, 11) is 0. The molecule has 3 aromatic carbocycles. The maximum absolute atomic E-state index is 6.52. The number of benzene rings is 3. The van der Waals surface area contributed by atoms with Gasteiger partial charge in [-0.3, -0.25) is 5.32 Å². The van der Waals surface area contributed by atoms with E-state index in [9.17, 15) is 0 Å². The zero-order valence-electron chi connectivity index (χ0n) is 27.1. The predicted octanol–water partition coefficient (Wildman–Crippen LogP) is 10.9. The first kappa shape index (κ1) is 30.5. The smallest absolute Gasteiger partial charge is 0.222 e. The van der Waals surface area contributed by atoms with Crippen molar-refractivity contribution in [1.29, 1.82) is 0 Å². The van der Waals surface area contributed by atoms with E-state index in [0.29, 0.717) is 0 Å². The maximum atomic E-state index is 6.52. The summed E-state index contributed by atoms with van der Waals surface area (Å²) in [4.78, 5) is 7.26. The molecule has 2 atom stereocenters. The Morgan fingerprint density at radius 3 is 2.23 bits per heavy atom. The summed E-state index contributed by atoms with van der Waals surface area (Å²) in [6.45, 7) is 4.00. The van der Waals surface area contributed by atoms with E-state index in [1.165, 1.54) is 27.9 Å². The van der Waals surface area contributed by atoms with Gasteiger partial charge < -0.3 is 9.32 Å². The third-order valence-electron chi connectivity index (χ3n) is 8.84. The van der Waals surface area contributed by atoms with Crippen molar-refractivity contribution in [3.63, 3.8) is 0 Å². The van der Waals surface area contributed by atoms with Crippen LogP contribution in [0.25, 0.3) is 11.1 Å². The molecule has 0 radical (unpaired) electrons. The van der Waals surface area contributed by atoms with Crippen LogP contribution in [0.4, 0.5) is 17.1 Å². The van der Waals surface area contributed by atoms with Gasteiger partial charge in [0.05, 0.1) is 11.7 Å². The third kappa shape index (κ3) is 6.56. The van der Waals surface area contributed by atoms with E-state index in [-0.39, 0.29) is 12.1 Å². The fourth-order valence-electron chi connectivity index (χ4n) is 6.56. The number of aromatic nitrogens is 1. The van der Waals surface area contributed by atoms with E-state index >= 15 is 0 Å². The number of hydrogen-bond donors (Lipinski definition) is 1. The van der Waals surface area contributed by atoms with Gasteiger partial charge >= 0.3 is 0 Å². The topological polar surface area (TPSA) is 41.3 Å². The highest BCUT2D eigenvalue weighted by Crippen LogP contribution is 2.38. The molecule has 1 aromatic heterocycles. The summed E-state index contributed by atoms with van der Waals surface area (Å²) in [6.07, 6.45) is 26.4. The third-order valence-corrected chi connectivity index (χ3v) is 8.84. The average molecular weight is 616 g/mol. The van der Waals surface area contributed by atoms with Gasteiger partial charge in [0.1, 0.15) is 5.76 Å². The van der Waals surface area contributed by atoms with E-state index in [1.807, 2.05) is 13.8 Å². The number of fused-ring (bicyclic) bond motifs is 5. The van der Waals surface area contributed by atoms with Crippen molar-refractivity contribution in [3.05, 3.63) is 180 Å². The molecule has 4 aromatic rings. The Kier molecular flexibility index (Phi) is 9.12. The molecule has 0 amide bonds. The molecule has 0 saturated heterocycles. The van der Waals surface area contributed by atoms with Crippen molar-refractivity contribution < 1.29 is 4.42 Å². The second kappa shape index (κ2) is 14.1. The Balaban J connectivity index is 0.00000172. The minimum absolute atomic E-state index is 0.0530. The average Bonchev–Trinajstić information content (AvgIpc) is 3.31. The number of oxazole rings is 1. The summed E-state index contributed by atoms with van der Waals surface area (Å²) in [5, 5.41) is 3.82. The Labute approximate surface area is 278 Å². The number of rotatable bonds is 5. The number of anilines is 3. The van der Waals surface area contributed by atoms with Crippen LogP contribution in [0.15, 0.2) is 161 Å². The molecule has 0 saturated carbocycles. The van der Waals surface area contributed by atoms with E-state index in [0.717, 1.165) is 60.1 Å². The number of allylic oxidation sites excluding steroid dienone is 11. The largest absolute Gasteiger partial charge is 0.439 e. The van der Waals surface area contributed by atoms with Crippen molar-refractivity contribution in [1.82, 2.24) is 10.3 Å². The van der Waals surface area contributed by atoms with Gasteiger partial charge in [0.25, 0.3) is 0 Å². The van der Waals surface area contributed by atoms with E-state index in [4.69, 9.17) is 9.40 Å². The van der Waals surface area contributed by atoms with E-state index < -0.39 is 0 Å². The van der Waals surface area contributed by atoms with Crippen LogP contribution in [-0.4, -0.2) is 11.0 Å². The number of para-hydroxylation sites is 2. The molecule has 1 aliphatic heterocycles. The minimum atomic E-state index is -0.0530. The Bertz CT molecular complexity index is 1880. The molecule has 4 heteroatoms. The number of nitrogens with zero attached hydrogens (tertiary/aromatic N) is 2. The molecule has 1 N–H and O–H groups in total. The highest BCUT2D eigenvalue weighted by Gasteiger charge is 2.28. The minimum Gasteiger partial charge on any atom is -0.439 e. The van der Waals surface area contributed by atoms with Crippen LogP contribution < -0.4 is 10.2 Å². The summed E-state index contributed by atoms with van der Waals surface area (Å²) in [5.41, 5.74) is 10.4. The van der Waals surface area contributed by atoms with Crippen molar-refractivity contribution in [3.8, 4) is 0 Å². The lowest BCUT2D eigenvalue weighted by atomic mass is 9.95. The van der Waals surface area contributed by atoms with Gasteiger partial charge in [-0.15, -0.1) is 0 Å². The highest BCUT2D eigenvalue weighted by molar-refractivity contribution is 5.82. The van der Waals surface area contributed by atoms with Crippen molar-refractivity contribution in [2.75, 3.05) is 4.90 Å². The second-order valence-electron chi connectivity index (χ2n) is 11.9. The molecule has 3 aliphatic carbocycles. The normalized spacial score (nSPS) is 20.2. The van der Waals surface area contributed by atoms with Gasteiger partial charge in [-0.1, -0.05) is 117 Å². The Hall–Kier alpha value is -5.19. The summed E-state index contributed by atoms with van der Waals surface area (Å²) in [6, 6.07) is 30.0. The van der Waals surface area contributed by atoms with Crippen LogP contribution in [0.2, 0.25) is 0 Å². The fourth-order valence-corrected chi connectivity index (χ4v) is 6.56. The lowest BCUT2D eigenvalue weighted by Gasteiger charge is -2.25. The monoisotopic (exact) mass is 615 g/mol. The van der Waals surface area contributed by atoms with Crippen LogP contribution in [0.5, 0.6) is 0 Å². The van der Waals surface area contributed by atoms with Crippen molar-refractivity contribution >= 4 is 28.2 Å². The standard InChI is InChI=1S/C41H35N3O.C2H6/c1-2-6-13-30(12-5-1)41-43-38-19-11-14-31-28-39(40(38)45-41)42-34-23-20-32(26-33(31)27-34)29-21-24-37(25-22-29)44(35-15-7-3-8-16-35)36-17-9-4-10-18-36;1-2/h1,3-5,7-12,14-18,20-28,34,39,42H,2,6,13,19H2;1-2H3/b14-11-;. The lowest BCUT2D eigenvalue weighted by molar-refractivity contribution is 0.436. The van der Waals surface area contributed by atoms with Crippen LogP contribution in [0.1, 0.15) is 62.1 Å². The molecule has 47 heavy (non-hydrogen) atoms. The zero-order chi connectivity index (χ0) is 32.0. The SMILES string of the molecule is C1=CCCCC(c2nc3c(o2)C2C=C(/C=C\C3)C3=CC(C=CC(c4ccc(N(c5ccccc5)c5ccccc5)cc4)=C3)N2)=C1.CC. The molecule has 4 nitrogen and oxygen atoms in total. The molecular formula is C43H41N3O. The van der Waals surface area contributed by atoms with Crippen LogP contribution in [-0.2, 0) is 6.42 Å². The molecular weight excluding hydrogens is 574 g/mol. The Morgan fingerprint density at radius 2 is 1.49 bits per heavy atom. The summed E-state index contributed by atoms with van der Waals surface area (Å²) < 4.78 is 6.52. The van der Waals surface area contributed by atoms with Gasteiger partial charge in [0, 0.05) is 35.1 Å². The molecule has 4 bridgehead atoms. The second-order valence-corrected chi connectivity index (χ2v) is 11.9. The zero-order valence-corrected chi connectivity index (χ0v) is 27.1. The molecule has 0 fully saturated rings. The quantitative estimate of drug-likeness (QED) is 0.242. The van der Waals surface area contributed by atoms with Gasteiger partial charge in [-0.25, -0.2) is 4.98 Å². The van der Waals surface area contributed by atoms with Gasteiger partial charge in [-0.05, 0) is 84.0 Å². The highest BCUT2D eigenvalue weighted by atomic mass is 16.4. The van der Waals surface area contributed by atoms with E-state index in [1.54, 1.807) is 0 Å². The molecule has 2 heterocycles. The first-order chi connectivity index (χ1) is 23.3. The first-order valence-electron chi connectivity index (χ1n) is 16.9. The maximum Gasteiger partial charge on any atom is 0.222 e. The van der Waals surface area contributed by atoms with Crippen LogP contribution >= 0.6 is 0 Å². The molecule has 234 valence electrons. The van der Waals surface area contributed by atoms with E-state index in [2.05, 4.69) is 156 Å². The first-order valence-corrected chi connectivity index (χ1v) is 16.9. The predicted molar refractivity (Wildman–Crippen MR) is 196 cm³/mol. The van der Waals surface area contributed by atoms with Crippen LogP contribution in [0, 0.1) is 0 Å². The Morgan fingerprint density at radius 1 is 0.766 bits per heavy atom. The molecule has 8 rings (SSSR count). The van der Waals surface area contributed by atoms with Crippen molar-refractivity contribution in [2.45, 2.75) is 51.6 Å². The fraction of sp³-hybridized carbons (Fsp3) is 0.186. The van der Waals surface area contributed by atoms with Crippen molar-refractivity contribution in [2.24, 2.45) is 0 Å². The summed E-state index contributed by atoms with van der Waals surface area (Å²) >= 11 is 0. The molecule has 4 aliphatic rings. The van der Waals surface area contributed by atoms with Gasteiger partial charge in [0.15, 0.2) is 0 Å². The lowest BCUT2D eigenvalue weighted by Crippen LogP contribution is -2.28. The number of nitrogens with one attached hydrogen (secondary N) is 1. The van der Waals surface area contributed by atoms with Gasteiger partial charge in [0.2, 0.25) is 5.89 Å². The number of hydrogen-bond acceptors (Lipinski definition) is 4. The molecule has 2 unspecified atom stereocenters. The summed E-state index contributed by atoms with van der Waals surface area (Å²) in [5.74, 6) is 1.69. The molecule has 0 spiro atoms. The van der Waals surface area contributed by atoms with Crippen LogP contribution in [0.3, 0.4) is 0 Å². The van der Waals surface area contributed by atoms with Gasteiger partial charge in [-0.2, -0.15) is 0 Å².